The van der Waals surface area contributed by atoms with E-state index in [1.54, 1.807) is 24.3 Å². The van der Waals surface area contributed by atoms with E-state index in [1.807, 2.05) is 13.8 Å². The van der Waals surface area contributed by atoms with Crippen LogP contribution in [-0.4, -0.2) is 25.4 Å². The minimum absolute atomic E-state index is 0.0455. The predicted octanol–water partition coefficient (Wildman–Crippen LogP) is 4.34. The third kappa shape index (κ3) is 6.02. The Kier molecular flexibility index (Phi) is 6.86. The topological polar surface area (TPSA) is 97.4 Å². The summed E-state index contributed by atoms with van der Waals surface area (Å²) < 4.78 is 45.8. The second-order valence-electron chi connectivity index (χ2n) is 6.85. The lowest BCUT2D eigenvalue weighted by Crippen LogP contribution is -2.31. The number of sulfonamides is 1. The van der Waals surface area contributed by atoms with Gasteiger partial charge < -0.3 is 10.1 Å². The number of nitrogens with zero attached hydrogens (tertiary/aromatic N) is 1. The average Bonchev–Trinajstić information content (AvgIpc) is 2.75. The summed E-state index contributed by atoms with van der Waals surface area (Å²) in [4.78, 5) is 16.2. The molecule has 162 valence electrons. The molecule has 3 aromatic rings. The predicted molar refractivity (Wildman–Crippen MR) is 115 cm³/mol. The maximum atomic E-state index is 13.0. The number of aromatic nitrogens is 1. The Balaban J connectivity index is 1.63. The molecule has 1 unspecified atom stereocenters. The molecule has 1 aromatic heterocycles. The maximum Gasteiger partial charge on any atom is 0.261 e. The van der Waals surface area contributed by atoms with Crippen LogP contribution < -0.4 is 14.8 Å². The number of rotatable bonds is 8. The Bertz CT molecular complexity index is 1130. The highest BCUT2D eigenvalue weighted by atomic mass is 32.2. The van der Waals surface area contributed by atoms with E-state index in [1.165, 1.54) is 30.5 Å². The number of pyridine rings is 1. The number of carbonyl (C=O) groups is 1. The lowest BCUT2D eigenvalue weighted by Gasteiger charge is -2.11. The molecule has 0 spiro atoms. The third-order valence-corrected chi connectivity index (χ3v) is 5.84. The normalized spacial score (nSPS) is 12.1. The van der Waals surface area contributed by atoms with Crippen LogP contribution >= 0.6 is 0 Å². The molecule has 1 atom stereocenters. The molecule has 0 aliphatic heterocycles. The van der Waals surface area contributed by atoms with Gasteiger partial charge in [-0.3, -0.25) is 9.52 Å². The number of carbonyl (C=O) groups excluding carboxylic acids is 1. The fourth-order valence-electron chi connectivity index (χ4n) is 2.52. The molecule has 0 saturated carbocycles. The molecule has 0 saturated heterocycles. The molecule has 0 bridgehead atoms. The summed E-state index contributed by atoms with van der Waals surface area (Å²) in [6.07, 6.45) is 2.26. The van der Waals surface area contributed by atoms with Gasteiger partial charge in [0, 0.05) is 24.0 Å². The van der Waals surface area contributed by atoms with Gasteiger partial charge in [0.25, 0.3) is 15.9 Å². The molecular weight excluding hydrogens is 421 g/mol. The second kappa shape index (κ2) is 9.57. The van der Waals surface area contributed by atoms with Gasteiger partial charge in [-0.15, -0.1) is 0 Å². The largest absolute Gasteiger partial charge is 0.439 e. The van der Waals surface area contributed by atoms with Crippen LogP contribution in [0.15, 0.2) is 71.8 Å². The number of hydrogen-bond acceptors (Lipinski definition) is 5. The number of amides is 1. The molecule has 0 aliphatic carbocycles. The summed E-state index contributed by atoms with van der Waals surface area (Å²) in [6.45, 7) is 3.91. The van der Waals surface area contributed by atoms with Crippen LogP contribution in [0, 0.1) is 5.82 Å². The lowest BCUT2D eigenvalue weighted by molar-refractivity contribution is 0.0939. The minimum atomic E-state index is -3.83. The fourth-order valence-corrected chi connectivity index (χ4v) is 3.58. The van der Waals surface area contributed by atoms with Crippen molar-refractivity contribution in [3.05, 3.63) is 78.2 Å². The molecule has 7 nitrogen and oxygen atoms in total. The van der Waals surface area contributed by atoms with Gasteiger partial charge in [0.05, 0.1) is 10.5 Å². The van der Waals surface area contributed by atoms with Crippen molar-refractivity contribution in [3.8, 4) is 11.6 Å². The second-order valence-corrected chi connectivity index (χ2v) is 8.54. The molecule has 0 aliphatic rings. The summed E-state index contributed by atoms with van der Waals surface area (Å²) >= 11 is 0. The van der Waals surface area contributed by atoms with Gasteiger partial charge in [-0.25, -0.2) is 17.8 Å². The van der Waals surface area contributed by atoms with Gasteiger partial charge >= 0.3 is 0 Å². The van der Waals surface area contributed by atoms with Crippen molar-refractivity contribution in [3.63, 3.8) is 0 Å². The summed E-state index contributed by atoms with van der Waals surface area (Å²) in [5, 5.41) is 2.86. The standard InChI is InChI=1S/C22H22FN3O4S/c1-3-15(2)25-22(27)16-4-13-21(24-14-16)30-19-9-7-18(8-10-19)26-31(28,29)20-11-5-17(23)6-12-20/h4-15,26H,3H2,1-2H3,(H,25,27). The Morgan fingerprint density at radius 3 is 2.32 bits per heavy atom. The first-order chi connectivity index (χ1) is 14.8. The average molecular weight is 444 g/mol. The summed E-state index contributed by atoms with van der Waals surface area (Å²) in [7, 11) is -3.83. The van der Waals surface area contributed by atoms with Crippen LogP contribution in [0.1, 0.15) is 30.6 Å². The van der Waals surface area contributed by atoms with Gasteiger partial charge in [0.1, 0.15) is 11.6 Å². The van der Waals surface area contributed by atoms with Crippen LogP contribution in [0.4, 0.5) is 10.1 Å². The first kappa shape index (κ1) is 22.2. The fraction of sp³-hybridized carbons (Fsp3) is 0.182. The van der Waals surface area contributed by atoms with Crippen molar-refractivity contribution >= 4 is 21.6 Å². The highest BCUT2D eigenvalue weighted by Gasteiger charge is 2.14. The zero-order valence-electron chi connectivity index (χ0n) is 17.0. The van der Waals surface area contributed by atoms with Gasteiger partial charge in [-0.2, -0.15) is 0 Å². The zero-order valence-corrected chi connectivity index (χ0v) is 17.8. The van der Waals surface area contributed by atoms with E-state index in [0.29, 0.717) is 22.9 Å². The van der Waals surface area contributed by atoms with Crippen LogP contribution in [-0.2, 0) is 10.0 Å². The molecule has 1 amide bonds. The van der Waals surface area contributed by atoms with Gasteiger partial charge in [-0.05, 0) is 67.9 Å². The minimum Gasteiger partial charge on any atom is -0.439 e. The number of anilines is 1. The van der Waals surface area contributed by atoms with E-state index in [4.69, 9.17) is 4.74 Å². The van der Waals surface area contributed by atoms with Gasteiger partial charge in [0.2, 0.25) is 5.88 Å². The number of hydrogen-bond donors (Lipinski definition) is 2. The smallest absolute Gasteiger partial charge is 0.261 e. The monoisotopic (exact) mass is 443 g/mol. The van der Waals surface area contributed by atoms with Crippen molar-refractivity contribution in [2.24, 2.45) is 0 Å². The molecule has 3 rings (SSSR count). The van der Waals surface area contributed by atoms with E-state index in [2.05, 4.69) is 15.0 Å². The third-order valence-electron chi connectivity index (χ3n) is 4.44. The highest BCUT2D eigenvalue weighted by Crippen LogP contribution is 2.23. The maximum absolute atomic E-state index is 13.0. The van der Waals surface area contributed by atoms with Crippen LogP contribution in [0.3, 0.4) is 0 Å². The summed E-state index contributed by atoms with van der Waals surface area (Å²) in [5.41, 5.74) is 0.750. The molecule has 9 heteroatoms. The molecule has 2 aromatic carbocycles. The number of nitrogens with one attached hydrogen (secondary N) is 2. The molecular formula is C22H22FN3O4S. The molecule has 1 heterocycles. The highest BCUT2D eigenvalue weighted by molar-refractivity contribution is 7.92. The Morgan fingerprint density at radius 1 is 1.06 bits per heavy atom. The number of benzene rings is 2. The Hall–Kier alpha value is -3.46. The van der Waals surface area contributed by atoms with Crippen LogP contribution in [0.5, 0.6) is 11.6 Å². The van der Waals surface area contributed by atoms with E-state index < -0.39 is 15.8 Å². The first-order valence-electron chi connectivity index (χ1n) is 9.60. The SMILES string of the molecule is CCC(C)NC(=O)c1ccc(Oc2ccc(NS(=O)(=O)c3ccc(F)cc3)cc2)nc1. The van der Waals surface area contributed by atoms with Crippen molar-refractivity contribution in [2.45, 2.75) is 31.2 Å². The molecule has 31 heavy (non-hydrogen) atoms. The van der Waals surface area contributed by atoms with Crippen LogP contribution in [0.25, 0.3) is 0 Å². The molecule has 2 N–H and O–H groups in total. The van der Waals surface area contributed by atoms with Crippen molar-refractivity contribution in [1.82, 2.24) is 10.3 Å². The van der Waals surface area contributed by atoms with E-state index in [-0.39, 0.29) is 16.8 Å². The number of ether oxygens (including phenoxy) is 1. The number of halogens is 1. The van der Waals surface area contributed by atoms with Crippen molar-refractivity contribution in [2.75, 3.05) is 4.72 Å². The Morgan fingerprint density at radius 2 is 1.74 bits per heavy atom. The van der Waals surface area contributed by atoms with Crippen LogP contribution in [0.2, 0.25) is 0 Å². The van der Waals surface area contributed by atoms with Crippen molar-refractivity contribution in [1.29, 1.82) is 0 Å². The quantitative estimate of drug-likeness (QED) is 0.540. The van der Waals surface area contributed by atoms with Gasteiger partial charge in [0.15, 0.2) is 0 Å². The first-order valence-corrected chi connectivity index (χ1v) is 11.1. The molecule has 0 radical (unpaired) electrons. The van der Waals surface area contributed by atoms with E-state index in [9.17, 15) is 17.6 Å². The van der Waals surface area contributed by atoms with E-state index >= 15 is 0 Å². The Labute approximate surface area is 180 Å². The van der Waals surface area contributed by atoms with Gasteiger partial charge in [-0.1, -0.05) is 6.92 Å². The lowest BCUT2D eigenvalue weighted by atomic mass is 10.2. The summed E-state index contributed by atoms with van der Waals surface area (Å²) in [5.74, 6) is 0.0122. The van der Waals surface area contributed by atoms with E-state index in [0.717, 1.165) is 18.6 Å². The molecule has 0 fully saturated rings. The van der Waals surface area contributed by atoms with Crippen molar-refractivity contribution < 1.29 is 22.3 Å². The summed E-state index contributed by atoms with van der Waals surface area (Å²) in [6, 6.07) is 14.0. The zero-order chi connectivity index (χ0) is 22.4.